The average molecular weight is 445 g/mol. The molecule has 1 aliphatic heterocycles. The Labute approximate surface area is 189 Å². The summed E-state index contributed by atoms with van der Waals surface area (Å²) in [6.45, 7) is 2.27. The Kier molecular flexibility index (Phi) is 6.37. The molecule has 0 saturated carbocycles. The van der Waals surface area contributed by atoms with Crippen LogP contribution in [0.2, 0.25) is 0 Å². The lowest BCUT2D eigenvalue weighted by molar-refractivity contribution is -0.115. The highest BCUT2D eigenvalue weighted by Crippen LogP contribution is 2.28. The molecule has 0 atom stereocenters. The first-order valence-corrected chi connectivity index (χ1v) is 10.7. The van der Waals surface area contributed by atoms with E-state index < -0.39 is 5.97 Å². The molecule has 160 valence electrons. The number of carbonyl (C=O) groups is 2. The quantitative estimate of drug-likeness (QED) is 0.513. The normalized spacial score (nSPS) is 15.7. The molecule has 3 aromatic rings. The van der Waals surface area contributed by atoms with E-state index in [1.54, 1.807) is 24.3 Å². The third kappa shape index (κ3) is 5.44. The number of aliphatic imine (C=N–C) groups is 1. The number of thioether (sulfide) groups is 1. The van der Waals surface area contributed by atoms with Gasteiger partial charge in [0, 0.05) is 0 Å². The minimum atomic E-state index is -0.967. The van der Waals surface area contributed by atoms with Crippen molar-refractivity contribution in [1.29, 1.82) is 0 Å². The second kappa shape index (κ2) is 9.53. The molecular formula is C25H20N2O4S. The van der Waals surface area contributed by atoms with E-state index in [0.717, 1.165) is 22.4 Å². The van der Waals surface area contributed by atoms with Gasteiger partial charge in [-0.1, -0.05) is 42.0 Å². The number of amides is 1. The van der Waals surface area contributed by atoms with Crippen LogP contribution in [-0.4, -0.2) is 22.2 Å². The van der Waals surface area contributed by atoms with Crippen LogP contribution in [0.3, 0.4) is 0 Å². The zero-order valence-corrected chi connectivity index (χ0v) is 18.1. The average Bonchev–Trinajstić information content (AvgIpc) is 3.13. The third-order valence-electron chi connectivity index (χ3n) is 4.67. The number of rotatable bonds is 6. The van der Waals surface area contributed by atoms with Gasteiger partial charge in [0.25, 0.3) is 5.91 Å². The van der Waals surface area contributed by atoms with Gasteiger partial charge in [0.15, 0.2) is 5.17 Å². The number of hydrogen-bond acceptors (Lipinski definition) is 5. The minimum Gasteiger partial charge on any atom is -0.489 e. The van der Waals surface area contributed by atoms with Crippen LogP contribution in [0.15, 0.2) is 82.7 Å². The van der Waals surface area contributed by atoms with Crippen LogP contribution in [0.4, 0.5) is 5.69 Å². The van der Waals surface area contributed by atoms with Gasteiger partial charge >= 0.3 is 5.97 Å². The van der Waals surface area contributed by atoms with Gasteiger partial charge in [-0.2, -0.15) is 0 Å². The van der Waals surface area contributed by atoms with Gasteiger partial charge < -0.3 is 15.2 Å². The number of carboxylic acid groups (broad SMARTS) is 1. The molecule has 6 nitrogen and oxygen atoms in total. The van der Waals surface area contributed by atoms with E-state index in [-0.39, 0.29) is 18.1 Å². The lowest BCUT2D eigenvalue weighted by Gasteiger charge is -2.07. The SMILES string of the molecule is Cc1ccc(N=C2NC(=O)C(=Cc3ccc(OCc4cccc(C(=O)O)c4)cc3)S2)cc1. The molecule has 0 aliphatic carbocycles. The fourth-order valence-electron chi connectivity index (χ4n) is 2.99. The van der Waals surface area contributed by atoms with Crippen molar-refractivity contribution in [3.05, 3.63) is 100.0 Å². The number of aryl methyl sites for hydroxylation is 1. The monoisotopic (exact) mass is 444 g/mol. The molecule has 0 bridgehead atoms. The van der Waals surface area contributed by atoms with E-state index >= 15 is 0 Å². The number of benzene rings is 3. The number of hydrogen-bond donors (Lipinski definition) is 2. The van der Waals surface area contributed by atoms with Gasteiger partial charge in [0.05, 0.1) is 16.2 Å². The molecule has 1 aliphatic rings. The molecule has 0 radical (unpaired) electrons. The molecule has 7 heteroatoms. The van der Waals surface area contributed by atoms with Gasteiger partial charge in [-0.05, 0) is 72.3 Å². The van der Waals surface area contributed by atoms with Gasteiger partial charge in [-0.25, -0.2) is 9.79 Å². The number of amidine groups is 1. The summed E-state index contributed by atoms with van der Waals surface area (Å²) >= 11 is 1.30. The number of aromatic carboxylic acids is 1. The number of carboxylic acids is 1. The fraction of sp³-hybridized carbons (Fsp3) is 0.0800. The van der Waals surface area contributed by atoms with Crippen molar-refractivity contribution in [2.24, 2.45) is 4.99 Å². The number of ether oxygens (including phenoxy) is 1. The number of nitrogens with one attached hydrogen (secondary N) is 1. The largest absolute Gasteiger partial charge is 0.489 e. The van der Waals surface area contributed by atoms with Crippen molar-refractivity contribution in [2.45, 2.75) is 13.5 Å². The summed E-state index contributed by atoms with van der Waals surface area (Å²) in [6.07, 6.45) is 1.80. The molecule has 1 heterocycles. The highest BCUT2D eigenvalue weighted by molar-refractivity contribution is 8.18. The molecule has 1 saturated heterocycles. The fourth-order valence-corrected chi connectivity index (χ4v) is 3.83. The predicted molar refractivity (Wildman–Crippen MR) is 126 cm³/mol. The second-order valence-electron chi connectivity index (χ2n) is 7.18. The molecule has 0 unspecified atom stereocenters. The Hall–Kier alpha value is -3.84. The first-order valence-electron chi connectivity index (χ1n) is 9.88. The highest BCUT2D eigenvalue weighted by Gasteiger charge is 2.23. The Morgan fingerprint density at radius 1 is 1.09 bits per heavy atom. The van der Waals surface area contributed by atoms with Crippen LogP contribution in [0, 0.1) is 6.92 Å². The maximum atomic E-state index is 12.3. The Morgan fingerprint density at radius 3 is 2.56 bits per heavy atom. The molecular weight excluding hydrogens is 424 g/mol. The summed E-state index contributed by atoms with van der Waals surface area (Å²) in [7, 11) is 0. The first-order chi connectivity index (χ1) is 15.5. The molecule has 1 fully saturated rings. The Bertz CT molecular complexity index is 1220. The molecule has 1 amide bonds. The minimum absolute atomic E-state index is 0.181. The maximum absolute atomic E-state index is 12.3. The van der Waals surface area contributed by atoms with Crippen molar-refractivity contribution >= 4 is 40.6 Å². The molecule has 2 N–H and O–H groups in total. The first kappa shape index (κ1) is 21.4. The van der Waals surface area contributed by atoms with Crippen molar-refractivity contribution in [2.75, 3.05) is 0 Å². The topological polar surface area (TPSA) is 88.0 Å². The van der Waals surface area contributed by atoms with Crippen LogP contribution in [0.1, 0.15) is 27.0 Å². The molecule has 4 rings (SSSR count). The van der Waals surface area contributed by atoms with E-state index in [4.69, 9.17) is 9.84 Å². The maximum Gasteiger partial charge on any atom is 0.335 e. The summed E-state index contributed by atoms with van der Waals surface area (Å²) in [5.41, 5.74) is 3.80. The van der Waals surface area contributed by atoms with Crippen LogP contribution in [0.25, 0.3) is 6.08 Å². The number of nitrogens with zero attached hydrogens (tertiary/aromatic N) is 1. The smallest absolute Gasteiger partial charge is 0.335 e. The highest BCUT2D eigenvalue weighted by atomic mass is 32.2. The summed E-state index contributed by atoms with van der Waals surface area (Å²) in [4.78, 5) is 28.4. The molecule has 3 aromatic carbocycles. The van der Waals surface area contributed by atoms with E-state index in [1.807, 2.05) is 61.5 Å². The van der Waals surface area contributed by atoms with Crippen molar-refractivity contribution in [3.8, 4) is 5.75 Å². The zero-order valence-electron chi connectivity index (χ0n) is 17.2. The molecule has 32 heavy (non-hydrogen) atoms. The number of carbonyl (C=O) groups excluding carboxylic acids is 1. The van der Waals surface area contributed by atoms with Gasteiger partial charge in [0.1, 0.15) is 12.4 Å². The predicted octanol–water partition coefficient (Wildman–Crippen LogP) is 5.16. The zero-order chi connectivity index (χ0) is 22.5. The summed E-state index contributed by atoms with van der Waals surface area (Å²) in [5.74, 6) is -0.498. The summed E-state index contributed by atoms with van der Waals surface area (Å²) in [5, 5.41) is 12.4. The van der Waals surface area contributed by atoms with Crippen LogP contribution >= 0.6 is 11.8 Å². The van der Waals surface area contributed by atoms with E-state index in [9.17, 15) is 9.59 Å². The van der Waals surface area contributed by atoms with Crippen LogP contribution < -0.4 is 10.1 Å². The Morgan fingerprint density at radius 2 is 1.84 bits per heavy atom. The molecule has 0 aromatic heterocycles. The van der Waals surface area contributed by atoms with E-state index in [0.29, 0.717) is 15.8 Å². The van der Waals surface area contributed by atoms with Crippen LogP contribution in [0.5, 0.6) is 5.75 Å². The van der Waals surface area contributed by atoms with Crippen molar-refractivity contribution in [1.82, 2.24) is 5.32 Å². The molecule has 0 spiro atoms. The van der Waals surface area contributed by atoms with Gasteiger partial charge in [0.2, 0.25) is 0 Å². The second-order valence-corrected chi connectivity index (χ2v) is 8.21. The van der Waals surface area contributed by atoms with Crippen LogP contribution in [-0.2, 0) is 11.4 Å². The standard InChI is InChI=1S/C25H20N2O4S/c1-16-5-9-20(10-6-16)26-25-27-23(28)22(32-25)14-17-7-11-21(12-8-17)31-15-18-3-2-4-19(13-18)24(29)30/h2-14H,15H2,1H3,(H,29,30)(H,26,27,28). The lowest BCUT2D eigenvalue weighted by atomic mass is 10.1. The van der Waals surface area contributed by atoms with E-state index in [2.05, 4.69) is 10.3 Å². The summed E-state index contributed by atoms with van der Waals surface area (Å²) < 4.78 is 5.75. The van der Waals surface area contributed by atoms with Crippen molar-refractivity contribution in [3.63, 3.8) is 0 Å². The van der Waals surface area contributed by atoms with Crippen molar-refractivity contribution < 1.29 is 19.4 Å². The third-order valence-corrected chi connectivity index (χ3v) is 5.58. The van der Waals surface area contributed by atoms with Gasteiger partial charge in [-0.3, -0.25) is 4.79 Å². The Balaban J connectivity index is 1.39. The van der Waals surface area contributed by atoms with E-state index in [1.165, 1.54) is 11.8 Å². The lowest BCUT2D eigenvalue weighted by Crippen LogP contribution is -2.19. The summed E-state index contributed by atoms with van der Waals surface area (Å²) in [6, 6.07) is 21.8. The van der Waals surface area contributed by atoms with Gasteiger partial charge in [-0.15, -0.1) is 0 Å².